The smallest absolute Gasteiger partial charge is 0.206 e. The van der Waals surface area contributed by atoms with Crippen molar-refractivity contribution in [2.45, 2.75) is 16.7 Å². The largest absolute Gasteiger partial charge is 0.252 e. The third-order valence-electron chi connectivity index (χ3n) is 2.60. The maximum atomic E-state index is 12.2. The van der Waals surface area contributed by atoms with Crippen LogP contribution in [-0.4, -0.2) is 37.3 Å². The van der Waals surface area contributed by atoms with E-state index in [1.807, 2.05) is 11.8 Å². The molecule has 7 heteroatoms. The number of thioether (sulfide) groups is 1. The summed E-state index contributed by atoms with van der Waals surface area (Å²) in [7, 11) is -1.61. The van der Waals surface area contributed by atoms with Gasteiger partial charge in [0.25, 0.3) is 10.0 Å². The van der Waals surface area contributed by atoms with Gasteiger partial charge < -0.3 is 0 Å². The molecule has 0 radical (unpaired) electrons. The van der Waals surface area contributed by atoms with Gasteiger partial charge in [-0.15, -0.1) is 11.3 Å². The fourth-order valence-corrected chi connectivity index (χ4v) is 6.53. The first kappa shape index (κ1) is 12.9. The van der Waals surface area contributed by atoms with Crippen molar-refractivity contribution in [3.05, 3.63) is 15.9 Å². The highest BCUT2D eigenvalue weighted by atomic mass is 79.9. The van der Waals surface area contributed by atoms with E-state index in [1.54, 1.807) is 19.2 Å². The predicted octanol–water partition coefficient (Wildman–Crippen LogP) is 2.64. The molecule has 2 rings (SSSR count). The topological polar surface area (TPSA) is 37.4 Å². The van der Waals surface area contributed by atoms with Gasteiger partial charge in [0.1, 0.15) is 4.21 Å². The first-order valence-electron chi connectivity index (χ1n) is 4.83. The van der Waals surface area contributed by atoms with Crippen LogP contribution in [0, 0.1) is 0 Å². The van der Waals surface area contributed by atoms with E-state index in [-0.39, 0.29) is 6.04 Å². The zero-order chi connectivity index (χ0) is 11.8. The minimum absolute atomic E-state index is 0.149. The molecule has 1 fully saturated rings. The van der Waals surface area contributed by atoms with Gasteiger partial charge in [0.2, 0.25) is 0 Å². The summed E-state index contributed by atoms with van der Waals surface area (Å²) in [6, 6.07) is 3.58. The van der Waals surface area contributed by atoms with Crippen molar-refractivity contribution in [3.63, 3.8) is 0 Å². The van der Waals surface area contributed by atoms with Crippen molar-refractivity contribution in [1.29, 1.82) is 0 Å². The van der Waals surface area contributed by atoms with Crippen LogP contribution in [-0.2, 0) is 10.0 Å². The highest BCUT2D eigenvalue weighted by Crippen LogP contribution is 2.31. The molecule has 0 bridgehead atoms. The molecule has 16 heavy (non-hydrogen) atoms. The van der Waals surface area contributed by atoms with E-state index in [1.165, 1.54) is 15.6 Å². The Morgan fingerprint density at radius 3 is 2.75 bits per heavy atom. The van der Waals surface area contributed by atoms with Crippen LogP contribution >= 0.6 is 39.0 Å². The summed E-state index contributed by atoms with van der Waals surface area (Å²) in [4.78, 5) is 0. The zero-order valence-electron chi connectivity index (χ0n) is 8.72. The van der Waals surface area contributed by atoms with E-state index >= 15 is 0 Å². The molecule has 1 aromatic heterocycles. The van der Waals surface area contributed by atoms with E-state index in [0.29, 0.717) is 4.21 Å². The minimum Gasteiger partial charge on any atom is -0.206 e. The van der Waals surface area contributed by atoms with Gasteiger partial charge in [0.05, 0.1) is 3.79 Å². The molecule has 1 unspecified atom stereocenters. The second-order valence-electron chi connectivity index (χ2n) is 3.60. The van der Waals surface area contributed by atoms with Gasteiger partial charge in [-0.3, -0.25) is 0 Å². The van der Waals surface area contributed by atoms with E-state index in [4.69, 9.17) is 0 Å². The van der Waals surface area contributed by atoms with Crippen LogP contribution in [0.1, 0.15) is 6.42 Å². The molecule has 1 aliphatic rings. The molecular weight excluding hydrogens is 330 g/mol. The number of thiophene rings is 1. The minimum atomic E-state index is -3.29. The summed E-state index contributed by atoms with van der Waals surface area (Å²) in [5, 5.41) is 0. The van der Waals surface area contributed by atoms with Crippen LogP contribution in [0.2, 0.25) is 0 Å². The molecule has 1 saturated heterocycles. The van der Waals surface area contributed by atoms with E-state index in [0.717, 1.165) is 21.7 Å². The maximum Gasteiger partial charge on any atom is 0.252 e. The van der Waals surface area contributed by atoms with Crippen molar-refractivity contribution in [2.75, 3.05) is 18.6 Å². The Hall–Kier alpha value is 0.440. The average Bonchev–Trinajstić information content (AvgIpc) is 2.86. The predicted molar refractivity (Wildman–Crippen MR) is 72.7 cm³/mol. The molecule has 3 nitrogen and oxygen atoms in total. The molecule has 0 N–H and O–H groups in total. The Morgan fingerprint density at radius 2 is 2.25 bits per heavy atom. The van der Waals surface area contributed by atoms with Crippen LogP contribution in [0.25, 0.3) is 0 Å². The van der Waals surface area contributed by atoms with Crippen molar-refractivity contribution in [3.8, 4) is 0 Å². The molecule has 90 valence electrons. The van der Waals surface area contributed by atoms with Crippen molar-refractivity contribution >= 4 is 49.1 Å². The molecule has 1 aromatic rings. The van der Waals surface area contributed by atoms with Crippen molar-refractivity contribution in [1.82, 2.24) is 4.31 Å². The SMILES string of the molecule is CN(C1CCSC1)S(=O)(=O)c1ccc(Br)s1. The molecule has 0 aromatic carbocycles. The zero-order valence-corrected chi connectivity index (χ0v) is 12.8. The molecule has 1 atom stereocenters. The van der Waals surface area contributed by atoms with E-state index < -0.39 is 10.0 Å². The molecule has 0 aliphatic carbocycles. The number of halogens is 1. The van der Waals surface area contributed by atoms with Gasteiger partial charge in [-0.2, -0.15) is 16.1 Å². The Balaban J connectivity index is 2.24. The molecular formula is C9H12BrNO2S3. The van der Waals surface area contributed by atoms with Crippen LogP contribution in [0.15, 0.2) is 20.1 Å². The molecule has 1 aliphatic heterocycles. The monoisotopic (exact) mass is 341 g/mol. The van der Waals surface area contributed by atoms with Crippen LogP contribution in [0.3, 0.4) is 0 Å². The first-order valence-corrected chi connectivity index (χ1v) is 9.03. The van der Waals surface area contributed by atoms with E-state index in [9.17, 15) is 8.42 Å². The number of nitrogens with zero attached hydrogens (tertiary/aromatic N) is 1. The lowest BCUT2D eigenvalue weighted by Gasteiger charge is -2.22. The second-order valence-corrected chi connectivity index (χ2v) is 9.43. The standard InChI is InChI=1S/C9H12BrNO2S3/c1-11(7-4-5-14-6-7)16(12,13)9-3-2-8(10)15-9/h2-3,7H,4-6H2,1H3. The van der Waals surface area contributed by atoms with Gasteiger partial charge >= 0.3 is 0 Å². The average molecular weight is 342 g/mol. The third kappa shape index (κ3) is 2.48. The van der Waals surface area contributed by atoms with Crippen LogP contribution < -0.4 is 0 Å². The summed E-state index contributed by atoms with van der Waals surface area (Å²) in [6.45, 7) is 0. The van der Waals surface area contributed by atoms with E-state index in [2.05, 4.69) is 15.9 Å². The van der Waals surface area contributed by atoms with Crippen LogP contribution in [0.4, 0.5) is 0 Å². The fourth-order valence-electron chi connectivity index (χ4n) is 1.58. The lowest BCUT2D eigenvalue weighted by atomic mass is 10.3. The van der Waals surface area contributed by atoms with Gasteiger partial charge in [-0.25, -0.2) is 8.42 Å². The number of hydrogen-bond donors (Lipinski definition) is 0. The van der Waals surface area contributed by atoms with Gasteiger partial charge in [-0.05, 0) is 40.2 Å². The first-order chi connectivity index (χ1) is 7.51. The molecule has 0 amide bonds. The lowest BCUT2D eigenvalue weighted by Crippen LogP contribution is -2.36. The Bertz CT molecular complexity index is 465. The summed E-state index contributed by atoms with van der Waals surface area (Å²) < 4.78 is 27.3. The quantitative estimate of drug-likeness (QED) is 0.848. The van der Waals surface area contributed by atoms with Gasteiger partial charge in [0, 0.05) is 18.8 Å². The van der Waals surface area contributed by atoms with Gasteiger partial charge in [-0.1, -0.05) is 0 Å². The molecule has 0 saturated carbocycles. The third-order valence-corrected chi connectivity index (χ3v) is 7.75. The Kier molecular flexibility index (Phi) is 4.01. The highest BCUT2D eigenvalue weighted by Gasteiger charge is 2.31. The Labute approximate surface area is 112 Å². The van der Waals surface area contributed by atoms with Crippen molar-refractivity contribution < 1.29 is 8.42 Å². The second kappa shape index (κ2) is 4.97. The van der Waals surface area contributed by atoms with Crippen molar-refractivity contribution in [2.24, 2.45) is 0 Å². The summed E-state index contributed by atoms with van der Waals surface area (Å²) in [5.41, 5.74) is 0. The summed E-state index contributed by atoms with van der Waals surface area (Å²) in [6.07, 6.45) is 0.951. The van der Waals surface area contributed by atoms with Gasteiger partial charge in [0.15, 0.2) is 0 Å². The van der Waals surface area contributed by atoms with Crippen LogP contribution in [0.5, 0.6) is 0 Å². The number of sulfonamides is 1. The Morgan fingerprint density at radius 1 is 1.50 bits per heavy atom. The normalized spacial score (nSPS) is 21.8. The fraction of sp³-hybridized carbons (Fsp3) is 0.556. The number of hydrogen-bond acceptors (Lipinski definition) is 4. The summed E-state index contributed by atoms with van der Waals surface area (Å²) in [5.74, 6) is 1.96. The maximum absolute atomic E-state index is 12.2. The number of rotatable bonds is 3. The lowest BCUT2D eigenvalue weighted by molar-refractivity contribution is 0.396. The summed E-state index contributed by atoms with van der Waals surface area (Å²) >= 11 is 6.37. The molecule has 0 spiro atoms. The molecule has 2 heterocycles. The highest BCUT2D eigenvalue weighted by molar-refractivity contribution is 9.11.